The molecule has 0 aromatic heterocycles. The van der Waals surface area contributed by atoms with Crippen molar-refractivity contribution in [2.75, 3.05) is 31.6 Å². The fourth-order valence-electron chi connectivity index (χ4n) is 2.54. The summed E-state index contributed by atoms with van der Waals surface area (Å²) in [6, 6.07) is 8.77. The van der Waals surface area contributed by atoms with Gasteiger partial charge in [0.05, 0.1) is 0 Å². The highest BCUT2D eigenvalue weighted by Crippen LogP contribution is 2.20. The number of nitrogens with one attached hydrogen (secondary N) is 2. The molecule has 0 spiro atoms. The van der Waals surface area contributed by atoms with Crippen molar-refractivity contribution in [2.45, 2.75) is 32.2 Å². The van der Waals surface area contributed by atoms with Gasteiger partial charge in [0.15, 0.2) is 0 Å². The van der Waals surface area contributed by atoms with E-state index in [2.05, 4.69) is 39.8 Å². The zero-order chi connectivity index (χ0) is 14.2. The predicted octanol–water partition coefficient (Wildman–Crippen LogP) is 1.90. The highest BCUT2D eigenvalue weighted by molar-refractivity contribution is 5.75. The minimum absolute atomic E-state index is 0.0814. The average Bonchev–Trinajstić information content (AvgIpc) is 2.52. The second-order valence-electron chi connectivity index (χ2n) is 5.31. The van der Waals surface area contributed by atoms with E-state index in [4.69, 9.17) is 0 Å². The first-order chi connectivity index (χ1) is 9.79. The van der Waals surface area contributed by atoms with Crippen LogP contribution in [0.1, 0.15) is 31.2 Å². The van der Waals surface area contributed by atoms with Crippen LogP contribution < -0.4 is 15.5 Å². The quantitative estimate of drug-likeness (QED) is 0.779. The van der Waals surface area contributed by atoms with E-state index in [1.54, 1.807) is 7.05 Å². The molecule has 110 valence electrons. The van der Waals surface area contributed by atoms with E-state index >= 15 is 0 Å². The molecule has 0 saturated carbocycles. The van der Waals surface area contributed by atoms with Gasteiger partial charge < -0.3 is 15.5 Å². The number of hydrogen-bond acceptors (Lipinski definition) is 3. The number of anilines is 1. The van der Waals surface area contributed by atoms with E-state index in [-0.39, 0.29) is 5.91 Å². The standard InChI is InChI=1S/C16H25N3O/c1-17-16(20)9-10-18-13-14-5-7-15(8-6-14)19-11-3-2-4-12-19/h5-8,18H,2-4,9-13H2,1H3,(H,17,20). The summed E-state index contributed by atoms with van der Waals surface area (Å²) >= 11 is 0. The molecule has 1 aromatic rings. The maximum Gasteiger partial charge on any atom is 0.221 e. The number of nitrogens with zero attached hydrogens (tertiary/aromatic N) is 1. The molecule has 0 aliphatic carbocycles. The van der Waals surface area contributed by atoms with Gasteiger partial charge in [-0.15, -0.1) is 0 Å². The molecule has 1 saturated heterocycles. The summed E-state index contributed by atoms with van der Waals surface area (Å²) in [6.07, 6.45) is 4.51. The molecular formula is C16H25N3O. The van der Waals surface area contributed by atoms with Gasteiger partial charge in [-0.05, 0) is 37.0 Å². The van der Waals surface area contributed by atoms with Gasteiger partial charge in [-0.1, -0.05) is 12.1 Å². The molecule has 1 aliphatic heterocycles. The van der Waals surface area contributed by atoms with E-state index in [1.165, 1.54) is 43.6 Å². The third-order valence-corrected chi connectivity index (χ3v) is 3.79. The molecule has 4 heteroatoms. The maximum absolute atomic E-state index is 11.1. The van der Waals surface area contributed by atoms with Crippen LogP contribution in [0.3, 0.4) is 0 Å². The van der Waals surface area contributed by atoms with Crippen LogP contribution in [0.5, 0.6) is 0 Å². The van der Waals surface area contributed by atoms with Gasteiger partial charge in [0.2, 0.25) is 5.91 Å². The second kappa shape index (κ2) is 7.90. The summed E-state index contributed by atoms with van der Waals surface area (Å²) < 4.78 is 0. The van der Waals surface area contributed by atoms with Crippen LogP contribution in [-0.2, 0) is 11.3 Å². The average molecular weight is 275 g/mol. The Hall–Kier alpha value is -1.55. The van der Waals surface area contributed by atoms with Crippen molar-refractivity contribution in [3.63, 3.8) is 0 Å². The van der Waals surface area contributed by atoms with E-state index in [0.717, 1.165) is 6.54 Å². The van der Waals surface area contributed by atoms with Gasteiger partial charge in [-0.3, -0.25) is 4.79 Å². The van der Waals surface area contributed by atoms with Crippen molar-refractivity contribution in [3.05, 3.63) is 29.8 Å². The largest absolute Gasteiger partial charge is 0.372 e. The fraction of sp³-hybridized carbons (Fsp3) is 0.562. The molecular weight excluding hydrogens is 250 g/mol. The number of piperidine rings is 1. The molecule has 0 unspecified atom stereocenters. The highest BCUT2D eigenvalue weighted by Gasteiger charge is 2.10. The van der Waals surface area contributed by atoms with Crippen molar-refractivity contribution in [1.82, 2.24) is 10.6 Å². The Labute approximate surface area is 121 Å². The van der Waals surface area contributed by atoms with Crippen LogP contribution in [0, 0.1) is 0 Å². The van der Waals surface area contributed by atoms with Crippen LogP contribution in [0.15, 0.2) is 24.3 Å². The van der Waals surface area contributed by atoms with Crippen molar-refractivity contribution in [2.24, 2.45) is 0 Å². The molecule has 0 atom stereocenters. The number of rotatable bonds is 6. The first-order valence-electron chi connectivity index (χ1n) is 7.55. The number of carbonyl (C=O) groups excluding carboxylic acids is 1. The summed E-state index contributed by atoms with van der Waals surface area (Å²) in [7, 11) is 1.67. The van der Waals surface area contributed by atoms with Gasteiger partial charge in [0, 0.05) is 45.3 Å². The van der Waals surface area contributed by atoms with Crippen LogP contribution in [0.2, 0.25) is 0 Å². The molecule has 2 rings (SSSR count). The van der Waals surface area contributed by atoms with Crippen LogP contribution >= 0.6 is 0 Å². The van der Waals surface area contributed by atoms with Crippen molar-refractivity contribution >= 4 is 11.6 Å². The number of benzene rings is 1. The molecule has 0 radical (unpaired) electrons. The van der Waals surface area contributed by atoms with E-state index in [1.807, 2.05) is 0 Å². The first kappa shape index (κ1) is 14.9. The smallest absolute Gasteiger partial charge is 0.221 e. The van der Waals surface area contributed by atoms with E-state index in [9.17, 15) is 4.79 Å². The minimum Gasteiger partial charge on any atom is -0.372 e. The second-order valence-corrected chi connectivity index (χ2v) is 5.31. The molecule has 1 fully saturated rings. The van der Waals surface area contributed by atoms with E-state index < -0.39 is 0 Å². The van der Waals surface area contributed by atoms with Gasteiger partial charge in [0.1, 0.15) is 0 Å². The molecule has 1 amide bonds. The lowest BCUT2D eigenvalue weighted by Gasteiger charge is -2.28. The molecule has 4 nitrogen and oxygen atoms in total. The molecule has 1 aromatic carbocycles. The Morgan fingerprint density at radius 3 is 2.50 bits per heavy atom. The summed E-state index contributed by atoms with van der Waals surface area (Å²) in [5.41, 5.74) is 2.60. The van der Waals surface area contributed by atoms with Gasteiger partial charge in [0.25, 0.3) is 0 Å². The summed E-state index contributed by atoms with van der Waals surface area (Å²) in [5.74, 6) is 0.0814. The summed E-state index contributed by atoms with van der Waals surface area (Å²) in [4.78, 5) is 13.6. The molecule has 0 bridgehead atoms. The Bertz CT molecular complexity index is 410. The highest BCUT2D eigenvalue weighted by atomic mass is 16.1. The summed E-state index contributed by atoms with van der Waals surface area (Å²) in [6.45, 7) is 3.90. The van der Waals surface area contributed by atoms with E-state index in [0.29, 0.717) is 13.0 Å². The molecule has 1 heterocycles. The zero-order valence-electron chi connectivity index (χ0n) is 12.3. The molecule has 1 aliphatic rings. The van der Waals surface area contributed by atoms with Gasteiger partial charge in [-0.25, -0.2) is 0 Å². The normalized spacial score (nSPS) is 15.2. The zero-order valence-corrected chi connectivity index (χ0v) is 12.3. The Kier molecular flexibility index (Phi) is 5.87. The number of carbonyl (C=O) groups is 1. The fourth-order valence-corrected chi connectivity index (χ4v) is 2.54. The van der Waals surface area contributed by atoms with Gasteiger partial charge >= 0.3 is 0 Å². The predicted molar refractivity (Wildman–Crippen MR) is 82.9 cm³/mol. The third-order valence-electron chi connectivity index (χ3n) is 3.79. The third kappa shape index (κ3) is 4.53. The van der Waals surface area contributed by atoms with Crippen LogP contribution in [-0.4, -0.2) is 32.6 Å². The van der Waals surface area contributed by atoms with Crippen molar-refractivity contribution in [1.29, 1.82) is 0 Å². The van der Waals surface area contributed by atoms with Gasteiger partial charge in [-0.2, -0.15) is 0 Å². The van der Waals surface area contributed by atoms with Crippen LogP contribution in [0.4, 0.5) is 5.69 Å². The number of hydrogen-bond donors (Lipinski definition) is 2. The molecule has 2 N–H and O–H groups in total. The minimum atomic E-state index is 0.0814. The number of amides is 1. The first-order valence-corrected chi connectivity index (χ1v) is 7.55. The monoisotopic (exact) mass is 275 g/mol. The summed E-state index contributed by atoms with van der Waals surface area (Å²) in [5, 5.41) is 5.91. The lowest BCUT2D eigenvalue weighted by atomic mass is 10.1. The van der Waals surface area contributed by atoms with Crippen molar-refractivity contribution in [3.8, 4) is 0 Å². The maximum atomic E-state index is 11.1. The van der Waals surface area contributed by atoms with Crippen LogP contribution in [0.25, 0.3) is 0 Å². The molecule has 20 heavy (non-hydrogen) atoms. The SMILES string of the molecule is CNC(=O)CCNCc1ccc(N2CCCCC2)cc1. The Morgan fingerprint density at radius 2 is 1.85 bits per heavy atom. The van der Waals surface area contributed by atoms with Crippen molar-refractivity contribution < 1.29 is 4.79 Å². The Morgan fingerprint density at radius 1 is 1.15 bits per heavy atom. The lowest BCUT2D eigenvalue weighted by Crippen LogP contribution is -2.29. The lowest BCUT2D eigenvalue weighted by molar-refractivity contribution is -0.120. The topological polar surface area (TPSA) is 44.4 Å². The Balaban J connectivity index is 1.75.